The summed E-state index contributed by atoms with van der Waals surface area (Å²) in [6.07, 6.45) is 3.55. The van der Waals surface area contributed by atoms with Crippen LogP contribution in [0.2, 0.25) is 0 Å². The molecule has 0 spiro atoms. The Morgan fingerprint density at radius 2 is 2.19 bits per heavy atom. The van der Waals surface area contributed by atoms with Gasteiger partial charge < -0.3 is 10.2 Å². The van der Waals surface area contributed by atoms with Crippen molar-refractivity contribution in [3.05, 3.63) is 35.4 Å². The fraction of sp³-hybridized carbons (Fsp3) is 0.533. The molecule has 0 radical (unpaired) electrons. The summed E-state index contributed by atoms with van der Waals surface area (Å²) in [4.78, 5) is 13.5. The van der Waals surface area contributed by atoms with Crippen molar-refractivity contribution in [2.75, 3.05) is 13.6 Å². The van der Waals surface area contributed by atoms with Crippen LogP contribution in [0.15, 0.2) is 18.2 Å². The van der Waals surface area contributed by atoms with E-state index < -0.39 is 11.6 Å². The van der Waals surface area contributed by atoms with Crippen LogP contribution < -0.4 is 5.32 Å². The van der Waals surface area contributed by atoms with Gasteiger partial charge in [0.05, 0.1) is 0 Å². The van der Waals surface area contributed by atoms with Crippen LogP contribution >= 0.6 is 12.4 Å². The monoisotopic (exact) mass is 318 g/mol. The van der Waals surface area contributed by atoms with E-state index in [1.54, 1.807) is 7.05 Å². The Kier molecular flexibility index (Phi) is 7.05. The molecule has 0 bridgehead atoms. The van der Waals surface area contributed by atoms with E-state index in [9.17, 15) is 13.6 Å². The third-order valence-corrected chi connectivity index (χ3v) is 3.72. The molecule has 21 heavy (non-hydrogen) atoms. The zero-order valence-electron chi connectivity index (χ0n) is 12.1. The predicted octanol–water partition coefficient (Wildman–Crippen LogP) is 2.88. The predicted molar refractivity (Wildman–Crippen MR) is 80.3 cm³/mol. The normalized spacial score (nSPS) is 17.4. The number of benzene rings is 1. The molecule has 0 aliphatic carbocycles. The van der Waals surface area contributed by atoms with Crippen LogP contribution in [0.5, 0.6) is 0 Å². The molecule has 0 aromatic heterocycles. The zero-order valence-corrected chi connectivity index (χ0v) is 12.9. The van der Waals surface area contributed by atoms with Crippen molar-refractivity contribution in [1.82, 2.24) is 10.2 Å². The summed E-state index contributed by atoms with van der Waals surface area (Å²) in [6.45, 7) is 1.19. The Balaban J connectivity index is 0.00000220. The molecular formula is C15H21ClF2N2O. The highest BCUT2D eigenvalue weighted by atomic mass is 35.5. The van der Waals surface area contributed by atoms with E-state index in [1.807, 2.05) is 0 Å². The second kappa shape index (κ2) is 8.29. The smallest absolute Gasteiger partial charge is 0.222 e. The second-order valence-electron chi connectivity index (χ2n) is 5.32. The van der Waals surface area contributed by atoms with Crippen molar-refractivity contribution in [2.45, 2.75) is 38.3 Å². The first-order valence-corrected chi connectivity index (χ1v) is 6.97. The number of nitrogens with zero attached hydrogens (tertiary/aromatic N) is 1. The first-order chi connectivity index (χ1) is 9.56. The van der Waals surface area contributed by atoms with Crippen LogP contribution in [0.25, 0.3) is 0 Å². The van der Waals surface area contributed by atoms with E-state index in [4.69, 9.17) is 0 Å². The minimum Gasteiger partial charge on any atom is -0.341 e. The molecule has 1 amide bonds. The van der Waals surface area contributed by atoms with Crippen molar-refractivity contribution in [1.29, 1.82) is 0 Å². The van der Waals surface area contributed by atoms with Gasteiger partial charge in [-0.1, -0.05) is 6.07 Å². The Hall–Kier alpha value is -1.20. The minimum atomic E-state index is -0.609. The maximum Gasteiger partial charge on any atom is 0.222 e. The molecule has 1 aliphatic heterocycles. The number of rotatable bonds is 5. The Labute approximate surface area is 130 Å². The molecule has 1 aromatic rings. The van der Waals surface area contributed by atoms with Gasteiger partial charge in [-0.05, 0) is 31.9 Å². The fourth-order valence-corrected chi connectivity index (χ4v) is 2.49. The van der Waals surface area contributed by atoms with Gasteiger partial charge in [0, 0.05) is 37.7 Å². The molecule has 1 unspecified atom stereocenters. The molecule has 1 fully saturated rings. The van der Waals surface area contributed by atoms with Crippen molar-refractivity contribution in [3.8, 4) is 0 Å². The van der Waals surface area contributed by atoms with Crippen molar-refractivity contribution in [3.63, 3.8) is 0 Å². The number of hydrogen-bond donors (Lipinski definition) is 1. The molecular weight excluding hydrogens is 298 g/mol. The number of halogens is 3. The van der Waals surface area contributed by atoms with Gasteiger partial charge in [-0.2, -0.15) is 0 Å². The molecule has 6 heteroatoms. The maximum atomic E-state index is 13.5. The van der Waals surface area contributed by atoms with Crippen molar-refractivity contribution in [2.24, 2.45) is 0 Å². The molecule has 1 aromatic carbocycles. The molecule has 1 atom stereocenters. The van der Waals surface area contributed by atoms with E-state index in [-0.39, 0.29) is 24.9 Å². The van der Waals surface area contributed by atoms with Crippen LogP contribution in [0, 0.1) is 11.6 Å². The summed E-state index contributed by atoms with van der Waals surface area (Å²) >= 11 is 0. The van der Waals surface area contributed by atoms with E-state index in [0.29, 0.717) is 18.0 Å². The van der Waals surface area contributed by atoms with Gasteiger partial charge >= 0.3 is 0 Å². The lowest BCUT2D eigenvalue weighted by Crippen LogP contribution is -2.29. The summed E-state index contributed by atoms with van der Waals surface area (Å²) in [5.41, 5.74) is 0.334. The molecule has 1 N–H and O–H groups in total. The third-order valence-electron chi connectivity index (χ3n) is 3.72. The summed E-state index contributed by atoms with van der Waals surface area (Å²) in [7, 11) is 1.65. The third kappa shape index (κ3) is 5.25. The zero-order chi connectivity index (χ0) is 14.5. The van der Waals surface area contributed by atoms with Gasteiger partial charge in [0.15, 0.2) is 0 Å². The second-order valence-corrected chi connectivity index (χ2v) is 5.32. The van der Waals surface area contributed by atoms with E-state index >= 15 is 0 Å². The molecule has 118 valence electrons. The highest BCUT2D eigenvalue weighted by molar-refractivity contribution is 5.85. The minimum absolute atomic E-state index is 0. The van der Waals surface area contributed by atoms with Gasteiger partial charge in [0.2, 0.25) is 5.91 Å². The van der Waals surface area contributed by atoms with Crippen LogP contribution in [-0.4, -0.2) is 30.4 Å². The van der Waals surface area contributed by atoms with Crippen LogP contribution in [0.4, 0.5) is 8.78 Å². The maximum absolute atomic E-state index is 13.5. The molecule has 1 aliphatic rings. The summed E-state index contributed by atoms with van der Waals surface area (Å²) in [6, 6.07) is 3.86. The summed E-state index contributed by atoms with van der Waals surface area (Å²) < 4.78 is 26.3. The lowest BCUT2D eigenvalue weighted by atomic mass is 10.1. The molecule has 2 rings (SSSR count). The molecule has 1 saturated heterocycles. The average molecular weight is 319 g/mol. The lowest BCUT2D eigenvalue weighted by molar-refractivity contribution is -0.130. The number of nitrogens with one attached hydrogen (secondary N) is 1. The van der Waals surface area contributed by atoms with Crippen molar-refractivity contribution < 1.29 is 13.6 Å². The SMILES string of the molecule is CN(Cc1ccc(F)cc1F)C(=O)CCC1CCCN1.Cl. The van der Waals surface area contributed by atoms with Gasteiger partial charge in [0.1, 0.15) is 11.6 Å². The first-order valence-electron chi connectivity index (χ1n) is 6.97. The quantitative estimate of drug-likeness (QED) is 0.905. The summed E-state index contributed by atoms with van der Waals surface area (Å²) in [5.74, 6) is -1.22. The highest BCUT2D eigenvalue weighted by Crippen LogP contribution is 2.14. The Morgan fingerprint density at radius 1 is 1.43 bits per heavy atom. The number of carbonyl (C=O) groups is 1. The van der Waals surface area contributed by atoms with Gasteiger partial charge in [-0.15, -0.1) is 12.4 Å². The lowest BCUT2D eigenvalue weighted by Gasteiger charge is -2.19. The Morgan fingerprint density at radius 3 is 2.81 bits per heavy atom. The van der Waals surface area contributed by atoms with Gasteiger partial charge in [-0.3, -0.25) is 4.79 Å². The largest absolute Gasteiger partial charge is 0.341 e. The first kappa shape index (κ1) is 17.9. The number of hydrogen-bond acceptors (Lipinski definition) is 2. The van der Waals surface area contributed by atoms with E-state index in [1.165, 1.54) is 17.0 Å². The number of carbonyl (C=O) groups excluding carboxylic acids is 1. The van der Waals surface area contributed by atoms with Gasteiger partial charge in [0.25, 0.3) is 0 Å². The van der Waals surface area contributed by atoms with E-state index in [2.05, 4.69) is 5.32 Å². The van der Waals surface area contributed by atoms with Crippen LogP contribution in [0.1, 0.15) is 31.2 Å². The van der Waals surface area contributed by atoms with E-state index in [0.717, 1.165) is 31.9 Å². The fourth-order valence-electron chi connectivity index (χ4n) is 2.49. The van der Waals surface area contributed by atoms with Crippen LogP contribution in [0.3, 0.4) is 0 Å². The topological polar surface area (TPSA) is 32.3 Å². The summed E-state index contributed by atoms with van der Waals surface area (Å²) in [5, 5.41) is 3.34. The molecule has 3 nitrogen and oxygen atoms in total. The number of amides is 1. The van der Waals surface area contributed by atoms with Crippen LogP contribution in [-0.2, 0) is 11.3 Å². The standard InChI is InChI=1S/C15H20F2N2O.ClH/c1-19(10-11-4-5-12(16)9-14(11)17)15(20)7-6-13-3-2-8-18-13;/h4-5,9,13,18H,2-3,6-8,10H2,1H3;1H. The Bertz CT molecular complexity index is 479. The highest BCUT2D eigenvalue weighted by Gasteiger charge is 2.17. The average Bonchev–Trinajstić information content (AvgIpc) is 2.92. The van der Waals surface area contributed by atoms with Crippen molar-refractivity contribution >= 4 is 18.3 Å². The molecule has 1 heterocycles. The molecule has 0 saturated carbocycles. The van der Waals surface area contributed by atoms with Gasteiger partial charge in [-0.25, -0.2) is 8.78 Å².